The first-order valence-electron chi connectivity index (χ1n) is 7.46. The Morgan fingerprint density at radius 2 is 2.00 bits per heavy atom. The molecule has 2 rings (SSSR count). The SMILES string of the molecule is CC(C)(C)c1nnc(SCC(O)COc2ccc(C#N)cc2)n1N. The van der Waals surface area contributed by atoms with Crippen LogP contribution in [0.3, 0.4) is 0 Å². The van der Waals surface area contributed by atoms with Crippen LogP contribution in [0.15, 0.2) is 29.4 Å². The van der Waals surface area contributed by atoms with Crippen LogP contribution in [0.5, 0.6) is 5.75 Å². The zero-order valence-electron chi connectivity index (χ0n) is 13.9. The molecule has 1 atom stereocenters. The van der Waals surface area contributed by atoms with Crippen LogP contribution in [0, 0.1) is 11.3 Å². The van der Waals surface area contributed by atoms with E-state index in [9.17, 15) is 5.11 Å². The largest absolute Gasteiger partial charge is 0.491 e. The summed E-state index contributed by atoms with van der Waals surface area (Å²) in [7, 11) is 0. The van der Waals surface area contributed by atoms with Gasteiger partial charge in [0.05, 0.1) is 17.7 Å². The third kappa shape index (κ3) is 4.63. The Labute approximate surface area is 145 Å². The van der Waals surface area contributed by atoms with Crippen LogP contribution in [-0.2, 0) is 5.41 Å². The Kier molecular flexibility index (Phi) is 5.70. The average molecular weight is 347 g/mol. The minimum atomic E-state index is -0.680. The molecular weight excluding hydrogens is 326 g/mol. The fraction of sp³-hybridized carbons (Fsp3) is 0.438. The van der Waals surface area contributed by atoms with E-state index >= 15 is 0 Å². The second-order valence-corrected chi connectivity index (χ2v) is 7.33. The molecule has 8 heteroatoms. The molecule has 0 amide bonds. The first kappa shape index (κ1) is 18.1. The van der Waals surface area contributed by atoms with Crippen molar-refractivity contribution in [3.05, 3.63) is 35.7 Å². The lowest BCUT2D eigenvalue weighted by atomic mass is 9.96. The molecule has 24 heavy (non-hydrogen) atoms. The summed E-state index contributed by atoms with van der Waals surface area (Å²) in [6, 6.07) is 8.77. The van der Waals surface area contributed by atoms with Gasteiger partial charge in [0, 0.05) is 11.2 Å². The van der Waals surface area contributed by atoms with Crippen LogP contribution in [0.25, 0.3) is 0 Å². The number of benzene rings is 1. The van der Waals surface area contributed by atoms with E-state index in [1.165, 1.54) is 16.4 Å². The van der Waals surface area contributed by atoms with Crippen molar-refractivity contribution < 1.29 is 9.84 Å². The quantitative estimate of drug-likeness (QED) is 0.604. The molecule has 0 saturated heterocycles. The van der Waals surface area contributed by atoms with Crippen molar-refractivity contribution in [2.75, 3.05) is 18.2 Å². The molecule has 0 bridgehead atoms. The van der Waals surface area contributed by atoms with E-state index in [1.807, 2.05) is 26.8 Å². The lowest BCUT2D eigenvalue weighted by Gasteiger charge is -2.16. The van der Waals surface area contributed by atoms with Crippen molar-refractivity contribution in [3.63, 3.8) is 0 Å². The average Bonchev–Trinajstić information content (AvgIpc) is 2.92. The van der Waals surface area contributed by atoms with Crippen molar-refractivity contribution in [2.24, 2.45) is 0 Å². The number of thioether (sulfide) groups is 1. The Balaban J connectivity index is 1.84. The van der Waals surface area contributed by atoms with Crippen LogP contribution in [-0.4, -0.2) is 38.4 Å². The summed E-state index contributed by atoms with van der Waals surface area (Å²) >= 11 is 1.32. The summed E-state index contributed by atoms with van der Waals surface area (Å²) in [5.41, 5.74) is 0.369. The van der Waals surface area contributed by atoms with Gasteiger partial charge in [0.15, 0.2) is 5.82 Å². The van der Waals surface area contributed by atoms with Crippen LogP contribution in [0.4, 0.5) is 0 Å². The van der Waals surface area contributed by atoms with Crippen molar-refractivity contribution in [1.82, 2.24) is 14.9 Å². The standard InChI is InChI=1S/C16H21N5O2S/c1-16(2,3)14-19-20-15(21(14)18)24-10-12(22)9-23-13-6-4-11(8-17)5-7-13/h4-7,12,22H,9-10,18H2,1-3H3. The fourth-order valence-corrected chi connectivity index (χ4v) is 2.69. The predicted molar refractivity (Wildman–Crippen MR) is 92.3 cm³/mol. The van der Waals surface area contributed by atoms with Gasteiger partial charge in [-0.3, -0.25) is 0 Å². The molecule has 0 radical (unpaired) electrons. The summed E-state index contributed by atoms with van der Waals surface area (Å²) in [4.78, 5) is 0. The highest BCUT2D eigenvalue weighted by Gasteiger charge is 2.23. The first-order chi connectivity index (χ1) is 11.3. The highest BCUT2D eigenvalue weighted by atomic mass is 32.2. The van der Waals surface area contributed by atoms with Crippen molar-refractivity contribution in [2.45, 2.75) is 37.4 Å². The van der Waals surface area contributed by atoms with E-state index in [0.717, 1.165) is 0 Å². The molecule has 0 aliphatic heterocycles. The van der Waals surface area contributed by atoms with Gasteiger partial charge in [-0.25, -0.2) is 4.68 Å². The molecule has 1 heterocycles. The zero-order chi connectivity index (χ0) is 17.7. The van der Waals surface area contributed by atoms with E-state index in [4.69, 9.17) is 15.8 Å². The summed E-state index contributed by atoms with van der Waals surface area (Å²) in [6.07, 6.45) is -0.680. The molecule has 0 aliphatic carbocycles. The van der Waals surface area contributed by atoms with Gasteiger partial charge < -0.3 is 15.7 Å². The third-order valence-electron chi connectivity index (χ3n) is 3.17. The van der Waals surface area contributed by atoms with Gasteiger partial charge in [-0.15, -0.1) is 10.2 Å². The second kappa shape index (κ2) is 7.55. The number of nitrogens with zero attached hydrogens (tertiary/aromatic N) is 4. The number of nitrogen functional groups attached to an aromatic ring is 1. The van der Waals surface area contributed by atoms with Gasteiger partial charge >= 0.3 is 0 Å². The highest BCUT2D eigenvalue weighted by Crippen LogP contribution is 2.23. The van der Waals surface area contributed by atoms with E-state index in [1.54, 1.807) is 24.3 Å². The molecule has 1 aromatic carbocycles. The molecule has 0 saturated carbocycles. The van der Waals surface area contributed by atoms with E-state index in [0.29, 0.717) is 28.0 Å². The lowest BCUT2D eigenvalue weighted by molar-refractivity contribution is 0.126. The van der Waals surface area contributed by atoms with Gasteiger partial charge in [0.25, 0.3) is 0 Å². The zero-order valence-corrected chi connectivity index (χ0v) is 14.7. The molecule has 0 aliphatic rings. The van der Waals surface area contributed by atoms with Crippen molar-refractivity contribution in [1.29, 1.82) is 5.26 Å². The van der Waals surface area contributed by atoms with E-state index in [-0.39, 0.29) is 12.0 Å². The molecule has 3 N–H and O–H groups in total. The van der Waals surface area contributed by atoms with E-state index < -0.39 is 6.10 Å². The van der Waals surface area contributed by atoms with Crippen molar-refractivity contribution >= 4 is 11.8 Å². The molecule has 128 valence electrons. The number of aliphatic hydroxyl groups is 1. The van der Waals surface area contributed by atoms with Crippen LogP contribution < -0.4 is 10.6 Å². The minimum absolute atomic E-state index is 0.143. The molecule has 0 fully saturated rings. The molecule has 7 nitrogen and oxygen atoms in total. The fourth-order valence-electron chi connectivity index (χ4n) is 1.92. The predicted octanol–water partition coefficient (Wildman–Crippen LogP) is 1.69. The normalized spacial score (nSPS) is 12.6. The maximum atomic E-state index is 10.0. The monoisotopic (exact) mass is 347 g/mol. The number of rotatable bonds is 6. The number of hydrogen-bond donors (Lipinski definition) is 2. The van der Waals surface area contributed by atoms with Crippen LogP contribution >= 0.6 is 11.8 Å². The second-order valence-electron chi connectivity index (χ2n) is 6.34. The topological polar surface area (TPSA) is 110 Å². The summed E-state index contributed by atoms with van der Waals surface area (Å²) in [6.45, 7) is 6.17. The number of nitriles is 1. The van der Waals surface area contributed by atoms with Crippen LogP contribution in [0.2, 0.25) is 0 Å². The molecule has 1 unspecified atom stereocenters. The van der Waals surface area contributed by atoms with E-state index in [2.05, 4.69) is 10.2 Å². The highest BCUT2D eigenvalue weighted by molar-refractivity contribution is 7.99. The number of aliphatic hydroxyl groups excluding tert-OH is 1. The van der Waals surface area contributed by atoms with Crippen LogP contribution in [0.1, 0.15) is 32.2 Å². The minimum Gasteiger partial charge on any atom is -0.491 e. The molecule has 1 aromatic heterocycles. The van der Waals surface area contributed by atoms with Crippen molar-refractivity contribution in [3.8, 4) is 11.8 Å². The summed E-state index contributed by atoms with van der Waals surface area (Å²) in [5, 5.41) is 27.5. The number of ether oxygens (including phenoxy) is 1. The smallest absolute Gasteiger partial charge is 0.209 e. The maximum Gasteiger partial charge on any atom is 0.209 e. The third-order valence-corrected chi connectivity index (χ3v) is 4.25. The maximum absolute atomic E-state index is 10.0. The Morgan fingerprint density at radius 1 is 1.33 bits per heavy atom. The lowest BCUT2D eigenvalue weighted by Crippen LogP contribution is -2.25. The number of aromatic nitrogens is 3. The number of nitrogens with two attached hydrogens (primary N) is 1. The number of hydrogen-bond acceptors (Lipinski definition) is 7. The van der Waals surface area contributed by atoms with Gasteiger partial charge in [-0.05, 0) is 24.3 Å². The summed E-state index contributed by atoms with van der Waals surface area (Å²) < 4.78 is 6.96. The van der Waals surface area contributed by atoms with Gasteiger partial charge in [0.1, 0.15) is 12.4 Å². The van der Waals surface area contributed by atoms with Gasteiger partial charge in [-0.2, -0.15) is 5.26 Å². The summed E-state index contributed by atoms with van der Waals surface area (Å²) in [5.74, 6) is 7.68. The van der Waals surface area contributed by atoms with Gasteiger partial charge in [0.2, 0.25) is 5.16 Å². The molecule has 2 aromatic rings. The Morgan fingerprint density at radius 3 is 2.54 bits per heavy atom. The Bertz CT molecular complexity index is 716. The molecular formula is C16H21N5O2S. The molecule has 0 spiro atoms. The first-order valence-corrected chi connectivity index (χ1v) is 8.44. The Hall–Kier alpha value is -2.24. The van der Waals surface area contributed by atoms with Gasteiger partial charge in [-0.1, -0.05) is 32.5 Å².